The Morgan fingerprint density at radius 2 is 1.92 bits per heavy atom. The Balaban J connectivity index is 1.52. The summed E-state index contributed by atoms with van der Waals surface area (Å²) in [5.41, 5.74) is 2.48. The Morgan fingerprint density at radius 3 is 2.85 bits per heavy atom. The minimum Gasteiger partial charge on any atom is -0.368 e. The van der Waals surface area contributed by atoms with E-state index in [1.165, 1.54) is 21.3 Å². The van der Waals surface area contributed by atoms with Crippen LogP contribution in [0.5, 0.6) is 0 Å². The second-order valence-corrected chi connectivity index (χ2v) is 7.97. The molecule has 128 valence electrons. The van der Waals surface area contributed by atoms with E-state index < -0.39 is 0 Å². The van der Waals surface area contributed by atoms with Gasteiger partial charge in [0.05, 0.1) is 5.39 Å². The fourth-order valence-corrected chi connectivity index (χ4v) is 4.94. The summed E-state index contributed by atoms with van der Waals surface area (Å²) in [5.74, 6) is 1.16. The average Bonchev–Trinajstić information content (AvgIpc) is 3.43. The Hall–Kier alpha value is -2.70. The van der Waals surface area contributed by atoms with Crippen LogP contribution in [0, 0.1) is 0 Å². The highest BCUT2D eigenvalue weighted by molar-refractivity contribution is 7.16. The lowest BCUT2D eigenvalue weighted by Crippen LogP contribution is -2.14. The zero-order valence-electron chi connectivity index (χ0n) is 13.8. The summed E-state index contributed by atoms with van der Waals surface area (Å²) in [6.45, 7) is 0.782. The Bertz CT molecular complexity index is 1160. The smallest absolute Gasteiger partial charge is 0.138 e. The van der Waals surface area contributed by atoms with Gasteiger partial charge in [-0.15, -0.1) is 22.7 Å². The summed E-state index contributed by atoms with van der Waals surface area (Å²) in [5, 5.41) is 10.1. The maximum atomic E-state index is 4.46. The van der Waals surface area contributed by atoms with Crippen LogP contribution in [0.15, 0.2) is 65.7 Å². The number of hydrogen-bond donors (Lipinski definition) is 2. The minimum absolute atomic E-state index is 0.259. The molecule has 5 aromatic rings. The fraction of sp³-hybridized carbons (Fsp3) is 0.100. The van der Waals surface area contributed by atoms with Gasteiger partial charge in [-0.25, -0.2) is 9.97 Å². The number of para-hydroxylation sites is 1. The van der Waals surface area contributed by atoms with Crippen LogP contribution < -0.4 is 5.32 Å². The highest BCUT2D eigenvalue weighted by Crippen LogP contribution is 2.34. The van der Waals surface area contributed by atoms with Crippen molar-refractivity contribution in [3.8, 4) is 0 Å². The molecule has 4 nitrogen and oxygen atoms in total. The molecule has 5 rings (SSSR count). The lowest BCUT2D eigenvalue weighted by Gasteiger charge is -2.17. The van der Waals surface area contributed by atoms with Crippen molar-refractivity contribution >= 4 is 49.6 Å². The lowest BCUT2D eigenvalue weighted by molar-refractivity contribution is 0.875. The second-order valence-electron chi connectivity index (χ2n) is 6.10. The van der Waals surface area contributed by atoms with Crippen molar-refractivity contribution in [1.82, 2.24) is 15.0 Å². The molecule has 1 aromatic carbocycles. The highest BCUT2D eigenvalue weighted by atomic mass is 32.1. The first-order valence-electron chi connectivity index (χ1n) is 8.41. The standard InChI is InChI=1S/C20H16N4S2/c1-2-5-17-13(4-1)15(10-21-17)16(18-6-3-8-25-18)11-22-19-14-7-9-26-20(14)24-12-23-19/h1-10,12,16,21H,11H2,(H,22,23,24)/t16-/m1/s1. The number of rotatable bonds is 5. The van der Waals surface area contributed by atoms with Gasteiger partial charge in [-0.2, -0.15) is 0 Å². The first-order valence-corrected chi connectivity index (χ1v) is 10.2. The van der Waals surface area contributed by atoms with Crippen LogP contribution in [0.1, 0.15) is 16.4 Å². The summed E-state index contributed by atoms with van der Waals surface area (Å²) in [7, 11) is 0. The molecule has 0 radical (unpaired) electrons. The number of anilines is 1. The number of hydrogen-bond acceptors (Lipinski definition) is 5. The molecule has 1 atom stereocenters. The predicted octanol–water partition coefficient (Wildman–Crippen LogP) is 5.48. The Kier molecular flexibility index (Phi) is 3.92. The van der Waals surface area contributed by atoms with E-state index in [2.05, 4.69) is 79.7 Å². The minimum atomic E-state index is 0.259. The van der Waals surface area contributed by atoms with Crippen molar-refractivity contribution in [2.75, 3.05) is 11.9 Å². The monoisotopic (exact) mass is 376 g/mol. The van der Waals surface area contributed by atoms with Crippen LogP contribution in [-0.2, 0) is 0 Å². The summed E-state index contributed by atoms with van der Waals surface area (Å²) in [4.78, 5) is 14.6. The molecule has 0 fully saturated rings. The number of aromatic amines is 1. The molecular formula is C20H16N4S2. The number of thiophene rings is 2. The fourth-order valence-electron chi connectivity index (χ4n) is 3.37. The summed E-state index contributed by atoms with van der Waals surface area (Å²) in [6.07, 6.45) is 3.77. The van der Waals surface area contributed by atoms with Crippen molar-refractivity contribution in [3.05, 3.63) is 76.2 Å². The van der Waals surface area contributed by atoms with Gasteiger partial charge in [0.2, 0.25) is 0 Å². The van der Waals surface area contributed by atoms with Crippen LogP contribution in [0.25, 0.3) is 21.1 Å². The van der Waals surface area contributed by atoms with Crippen LogP contribution in [0.3, 0.4) is 0 Å². The largest absolute Gasteiger partial charge is 0.368 e. The molecule has 0 bridgehead atoms. The van der Waals surface area contributed by atoms with Gasteiger partial charge >= 0.3 is 0 Å². The second kappa shape index (κ2) is 6.55. The van der Waals surface area contributed by atoms with Gasteiger partial charge in [-0.1, -0.05) is 24.3 Å². The Labute approximate surface area is 158 Å². The molecule has 4 heterocycles. The molecule has 0 saturated heterocycles. The third kappa shape index (κ3) is 2.67. The lowest BCUT2D eigenvalue weighted by atomic mass is 9.96. The molecule has 0 saturated carbocycles. The maximum Gasteiger partial charge on any atom is 0.138 e. The van der Waals surface area contributed by atoms with Gasteiger partial charge in [0.15, 0.2) is 0 Å². The van der Waals surface area contributed by atoms with Gasteiger partial charge in [-0.3, -0.25) is 0 Å². The number of benzene rings is 1. The normalized spacial score (nSPS) is 12.6. The van der Waals surface area contributed by atoms with E-state index >= 15 is 0 Å². The number of nitrogens with one attached hydrogen (secondary N) is 2. The third-order valence-electron chi connectivity index (χ3n) is 4.62. The molecule has 0 spiro atoms. The van der Waals surface area contributed by atoms with E-state index in [0.29, 0.717) is 0 Å². The molecule has 0 amide bonds. The summed E-state index contributed by atoms with van der Waals surface area (Å²) < 4.78 is 0. The Morgan fingerprint density at radius 1 is 0.962 bits per heavy atom. The number of aromatic nitrogens is 3. The summed E-state index contributed by atoms with van der Waals surface area (Å²) >= 11 is 3.43. The quantitative estimate of drug-likeness (QED) is 0.427. The van der Waals surface area contributed by atoms with Crippen LogP contribution in [0.4, 0.5) is 5.82 Å². The highest BCUT2D eigenvalue weighted by Gasteiger charge is 2.19. The summed E-state index contributed by atoms with van der Waals surface area (Å²) in [6, 6.07) is 14.9. The van der Waals surface area contributed by atoms with Crippen molar-refractivity contribution < 1.29 is 0 Å². The van der Waals surface area contributed by atoms with E-state index in [4.69, 9.17) is 0 Å². The van der Waals surface area contributed by atoms with Crippen LogP contribution in [0.2, 0.25) is 0 Å². The molecular weight excluding hydrogens is 360 g/mol. The van der Waals surface area contributed by atoms with Gasteiger partial charge in [0.25, 0.3) is 0 Å². The van der Waals surface area contributed by atoms with Crippen molar-refractivity contribution in [2.45, 2.75) is 5.92 Å². The van der Waals surface area contributed by atoms with E-state index in [1.807, 2.05) is 0 Å². The maximum absolute atomic E-state index is 4.46. The van der Waals surface area contributed by atoms with Crippen molar-refractivity contribution in [3.63, 3.8) is 0 Å². The molecule has 6 heteroatoms. The molecule has 0 aliphatic heterocycles. The third-order valence-corrected chi connectivity index (χ3v) is 6.43. The van der Waals surface area contributed by atoms with Crippen molar-refractivity contribution in [2.24, 2.45) is 0 Å². The molecule has 26 heavy (non-hydrogen) atoms. The first kappa shape index (κ1) is 15.5. The SMILES string of the molecule is c1csc([C@H](CNc2ncnc3sccc23)c2c[nH]c3ccccc23)c1. The van der Waals surface area contributed by atoms with Crippen LogP contribution >= 0.6 is 22.7 Å². The first-order chi connectivity index (χ1) is 12.9. The molecule has 0 aliphatic carbocycles. The zero-order valence-corrected chi connectivity index (χ0v) is 15.5. The molecule has 4 aromatic heterocycles. The average molecular weight is 377 g/mol. The number of nitrogens with zero attached hydrogens (tertiary/aromatic N) is 2. The number of fused-ring (bicyclic) bond motifs is 2. The van der Waals surface area contributed by atoms with E-state index in [9.17, 15) is 0 Å². The van der Waals surface area contributed by atoms with E-state index in [0.717, 1.165) is 22.6 Å². The van der Waals surface area contributed by atoms with Gasteiger partial charge in [-0.05, 0) is 34.5 Å². The van der Waals surface area contributed by atoms with E-state index in [1.54, 1.807) is 29.0 Å². The molecule has 2 N–H and O–H groups in total. The van der Waals surface area contributed by atoms with E-state index in [-0.39, 0.29) is 5.92 Å². The van der Waals surface area contributed by atoms with Gasteiger partial charge < -0.3 is 10.3 Å². The van der Waals surface area contributed by atoms with Gasteiger partial charge in [0, 0.05) is 34.4 Å². The topological polar surface area (TPSA) is 53.6 Å². The predicted molar refractivity (Wildman–Crippen MR) is 110 cm³/mol. The number of H-pyrrole nitrogens is 1. The zero-order chi connectivity index (χ0) is 17.3. The van der Waals surface area contributed by atoms with Crippen LogP contribution in [-0.4, -0.2) is 21.5 Å². The molecule has 0 aliphatic rings. The molecule has 0 unspecified atom stereocenters. The van der Waals surface area contributed by atoms with Crippen molar-refractivity contribution in [1.29, 1.82) is 0 Å². The van der Waals surface area contributed by atoms with Gasteiger partial charge in [0.1, 0.15) is 17.0 Å².